The van der Waals surface area contributed by atoms with Gasteiger partial charge in [-0.3, -0.25) is 14.5 Å². The van der Waals surface area contributed by atoms with Crippen molar-refractivity contribution in [2.24, 2.45) is 5.10 Å². The molecule has 1 aliphatic rings. The van der Waals surface area contributed by atoms with Crippen LogP contribution in [0.15, 0.2) is 29.4 Å². The molecular weight excluding hydrogens is 320 g/mol. The third kappa shape index (κ3) is 4.07. The van der Waals surface area contributed by atoms with Crippen LogP contribution in [0.3, 0.4) is 0 Å². The van der Waals surface area contributed by atoms with Crippen LogP contribution in [0.4, 0.5) is 4.79 Å². The number of benzene rings is 1. The second-order valence-corrected chi connectivity index (χ2v) is 5.98. The molecule has 0 aromatic heterocycles. The number of hydrogen-bond donors (Lipinski definition) is 2. The first-order valence-corrected chi connectivity index (χ1v) is 7.39. The van der Waals surface area contributed by atoms with E-state index in [0.717, 1.165) is 4.90 Å². The molecule has 1 aromatic rings. The van der Waals surface area contributed by atoms with Crippen molar-refractivity contribution in [3.05, 3.63) is 34.9 Å². The largest absolute Gasteiger partial charge is 0.325 e. The second kappa shape index (κ2) is 6.78. The Kier molecular flexibility index (Phi) is 5.00. The Morgan fingerprint density at radius 1 is 1.39 bits per heavy atom. The molecule has 0 spiro atoms. The van der Waals surface area contributed by atoms with E-state index in [1.807, 2.05) is 0 Å². The van der Waals surface area contributed by atoms with Crippen LogP contribution in [-0.2, 0) is 9.59 Å². The number of amides is 4. The summed E-state index contributed by atoms with van der Waals surface area (Å²) < 4.78 is 0. The molecule has 1 saturated heterocycles. The van der Waals surface area contributed by atoms with Crippen molar-refractivity contribution in [3.8, 4) is 0 Å². The van der Waals surface area contributed by atoms with Crippen molar-refractivity contribution in [3.63, 3.8) is 0 Å². The van der Waals surface area contributed by atoms with Crippen LogP contribution >= 0.6 is 11.6 Å². The summed E-state index contributed by atoms with van der Waals surface area (Å²) in [6.07, 6.45) is 1.40. The molecule has 122 valence electrons. The van der Waals surface area contributed by atoms with Crippen LogP contribution < -0.4 is 10.7 Å². The van der Waals surface area contributed by atoms with Gasteiger partial charge in [0.15, 0.2) is 0 Å². The maximum atomic E-state index is 12.0. The van der Waals surface area contributed by atoms with Crippen LogP contribution in [0.2, 0.25) is 5.02 Å². The van der Waals surface area contributed by atoms with Crippen LogP contribution in [0.25, 0.3) is 0 Å². The molecule has 7 nitrogen and oxygen atoms in total. The van der Waals surface area contributed by atoms with Crippen LogP contribution in [0, 0.1) is 0 Å². The number of urea groups is 1. The number of carbonyl (C=O) groups excluding carboxylic acids is 3. The molecule has 1 fully saturated rings. The zero-order valence-electron chi connectivity index (χ0n) is 12.8. The monoisotopic (exact) mass is 336 g/mol. The van der Waals surface area contributed by atoms with Crippen LogP contribution in [-0.4, -0.2) is 41.0 Å². The standard InChI is InChI=1S/C15H17ClN4O3/c1-15(2)13(22)20(14(23)18-15)8-7-12(21)19-17-9-10-5-3-4-6-11(10)16/h3-6,9H,7-8H2,1-2H3,(H,18,23)(H,19,21)/b17-9-. The van der Waals surface area contributed by atoms with E-state index in [1.165, 1.54) is 6.21 Å². The average Bonchev–Trinajstić information content (AvgIpc) is 2.67. The van der Waals surface area contributed by atoms with Crippen molar-refractivity contribution in [1.29, 1.82) is 0 Å². The third-order valence-corrected chi connectivity index (χ3v) is 3.65. The third-order valence-electron chi connectivity index (χ3n) is 3.30. The fourth-order valence-corrected chi connectivity index (χ4v) is 2.23. The Balaban J connectivity index is 1.83. The van der Waals surface area contributed by atoms with E-state index in [1.54, 1.807) is 38.1 Å². The van der Waals surface area contributed by atoms with E-state index in [0.29, 0.717) is 10.6 Å². The summed E-state index contributed by atoms with van der Waals surface area (Å²) >= 11 is 5.95. The van der Waals surface area contributed by atoms with E-state index < -0.39 is 17.5 Å². The summed E-state index contributed by atoms with van der Waals surface area (Å²) in [5.74, 6) is -0.756. The number of imide groups is 1. The summed E-state index contributed by atoms with van der Waals surface area (Å²) in [4.78, 5) is 36.4. The lowest BCUT2D eigenvalue weighted by Crippen LogP contribution is -2.40. The summed E-state index contributed by atoms with van der Waals surface area (Å²) in [7, 11) is 0. The molecule has 23 heavy (non-hydrogen) atoms. The van der Waals surface area contributed by atoms with Gasteiger partial charge in [-0.2, -0.15) is 5.10 Å². The van der Waals surface area contributed by atoms with Gasteiger partial charge >= 0.3 is 6.03 Å². The molecule has 0 radical (unpaired) electrons. The van der Waals surface area contributed by atoms with Crippen molar-refractivity contribution in [1.82, 2.24) is 15.6 Å². The van der Waals surface area contributed by atoms with Gasteiger partial charge in [-0.05, 0) is 19.9 Å². The number of rotatable bonds is 5. The normalized spacial score (nSPS) is 16.7. The molecule has 8 heteroatoms. The first kappa shape index (κ1) is 17.0. The molecule has 0 saturated carbocycles. The lowest BCUT2D eigenvalue weighted by Gasteiger charge is -2.15. The Bertz CT molecular complexity index is 672. The molecule has 4 amide bonds. The summed E-state index contributed by atoms with van der Waals surface area (Å²) in [5, 5.41) is 6.87. The maximum Gasteiger partial charge on any atom is 0.325 e. The van der Waals surface area contributed by atoms with Crippen molar-refractivity contribution in [2.75, 3.05) is 6.54 Å². The van der Waals surface area contributed by atoms with Crippen LogP contribution in [0.5, 0.6) is 0 Å². The Morgan fingerprint density at radius 3 is 2.70 bits per heavy atom. The van der Waals surface area contributed by atoms with Gasteiger partial charge in [-0.15, -0.1) is 0 Å². The highest BCUT2D eigenvalue weighted by molar-refractivity contribution is 6.33. The first-order valence-electron chi connectivity index (χ1n) is 7.02. The molecule has 1 aliphatic heterocycles. The molecule has 2 N–H and O–H groups in total. The Morgan fingerprint density at radius 2 is 2.09 bits per heavy atom. The lowest BCUT2D eigenvalue weighted by atomic mass is 10.1. The SMILES string of the molecule is CC1(C)NC(=O)N(CCC(=O)N/N=C\c2ccccc2Cl)C1=O. The quantitative estimate of drug-likeness (QED) is 0.485. The van der Waals surface area contributed by atoms with Gasteiger partial charge in [0.25, 0.3) is 5.91 Å². The second-order valence-electron chi connectivity index (χ2n) is 5.58. The molecular formula is C15H17ClN4O3. The highest BCUT2D eigenvalue weighted by Crippen LogP contribution is 2.16. The fourth-order valence-electron chi connectivity index (χ4n) is 2.04. The predicted molar refractivity (Wildman–Crippen MR) is 86.1 cm³/mol. The van der Waals surface area contributed by atoms with Crippen LogP contribution in [0.1, 0.15) is 25.8 Å². The van der Waals surface area contributed by atoms with E-state index in [9.17, 15) is 14.4 Å². The van der Waals surface area contributed by atoms with Gasteiger partial charge in [-0.25, -0.2) is 10.2 Å². The zero-order chi connectivity index (χ0) is 17.0. The topological polar surface area (TPSA) is 90.9 Å². The van der Waals surface area contributed by atoms with Gasteiger partial charge in [0.05, 0.1) is 6.21 Å². The van der Waals surface area contributed by atoms with Crippen molar-refractivity contribution < 1.29 is 14.4 Å². The van der Waals surface area contributed by atoms with Gasteiger partial charge in [0.2, 0.25) is 5.91 Å². The molecule has 1 aromatic carbocycles. The molecule has 0 atom stereocenters. The number of halogens is 1. The molecule has 0 unspecified atom stereocenters. The molecule has 0 bridgehead atoms. The van der Waals surface area contributed by atoms with Gasteiger partial charge in [0.1, 0.15) is 5.54 Å². The number of nitrogens with one attached hydrogen (secondary N) is 2. The smallest absolute Gasteiger partial charge is 0.324 e. The predicted octanol–water partition coefficient (Wildman–Crippen LogP) is 1.51. The minimum absolute atomic E-state index is 0.00153. The highest BCUT2D eigenvalue weighted by atomic mass is 35.5. The van der Waals surface area contributed by atoms with E-state index >= 15 is 0 Å². The van der Waals surface area contributed by atoms with Crippen molar-refractivity contribution in [2.45, 2.75) is 25.8 Å². The Labute approximate surface area is 138 Å². The lowest BCUT2D eigenvalue weighted by molar-refractivity contribution is -0.130. The van der Waals surface area contributed by atoms with Gasteiger partial charge in [0, 0.05) is 23.6 Å². The number of hydrogen-bond acceptors (Lipinski definition) is 4. The first-order chi connectivity index (χ1) is 10.8. The minimum atomic E-state index is -0.935. The van der Waals surface area contributed by atoms with E-state index in [-0.39, 0.29) is 18.9 Å². The number of carbonyl (C=O) groups is 3. The highest BCUT2D eigenvalue weighted by Gasteiger charge is 2.43. The fraction of sp³-hybridized carbons (Fsp3) is 0.333. The van der Waals surface area contributed by atoms with Gasteiger partial charge < -0.3 is 5.32 Å². The minimum Gasteiger partial charge on any atom is -0.324 e. The van der Waals surface area contributed by atoms with E-state index in [2.05, 4.69) is 15.8 Å². The average molecular weight is 337 g/mol. The maximum absolute atomic E-state index is 12.0. The summed E-state index contributed by atoms with van der Waals surface area (Å²) in [6, 6.07) is 6.57. The number of hydrazone groups is 1. The number of nitrogens with zero attached hydrogens (tertiary/aromatic N) is 2. The molecule has 1 heterocycles. The summed E-state index contributed by atoms with van der Waals surface area (Å²) in [6.45, 7) is 3.23. The van der Waals surface area contributed by atoms with Crippen molar-refractivity contribution >= 4 is 35.7 Å². The van der Waals surface area contributed by atoms with Gasteiger partial charge in [-0.1, -0.05) is 29.8 Å². The zero-order valence-corrected chi connectivity index (χ0v) is 13.6. The Hall–Kier alpha value is -2.41. The summed E-state index contributed by atoms with van der Waals surface area (Å²) in [5.41, 5.74) is 2.07. The molecule has 2 rings (SSSR count). The molecule has 0 aliphatic carbocycles. The van der Waals surface area contributed by atoms with E-state index in [4.69, 9.17) is 11.6 Å².